The van der Waals surface area contributed by atoms with Gasteiger partial charge < -0.3 is 5.11 Å². The highest BCUT2D eigenvalue weighted by molar-refractivity contribution is 7.16. The minimum Gasteiger partial charge on any atom is -0.390 e. The number of halogens is 1. The molecule has 0 aliphatic heterocycles. The largest absolute Gasteiger partial charge is 0.390 e. The Labute approximate surface area is 100 Å². The molecule has 0 radical (unpaired) electrons. The van der Waals surface area contributed by atoms with Crippen LogP contribution in [0.4, 0.5) is 0 Å². The van der Waals surface area contributed by atoms with Crippen LogP contribution in [-0.2, 0) is 6.42 Å². The quantitative estimate of drug-likeness (QED) is 0.856. The maximum Gasteiger partial charge on any atom is 0.0931 e. The molecule has 1 N–H and O–H groups in total. The zero-order chi connectivity index (χ0) is 10.9. The number of rotatable bonds is 3. The van der Waals surface area contributed by atoms with Crippen molar-refractivity contribution in [3.63, 3.8) is 0 Å². The summed E-state index contributed by atoms with van der Waals surface area (Å²) in [7, 11) is 0. The Balaban J connectivity index is 2.00. The van der Waals surface area contributed by atoms with E-state index in [0.717, 1.165) is 23.6 Å². The Hall–Kier alpha value is -0.0500. The average Bonchev–Trinajstić information content (AvgIpc) is 2.74. The molecule has 0 aromatic carbocycles. The van der Waals surface area contributed by atoms with Crippen LogP contribution >= 0.6 is 22.9 Å². The fraction of sp³-hybridized carbons (Fsp3) is 0.667. The molecule has 3 heteroatoms. The van der Waals surface area contributed by atoms with Gasteiger partial charge in [0.05, 0.1) is 9.94 Å². The van der Waals surface area contributed by atoms with Crippen molar-refractivity contribution in [2.75, 3.05) is 0 Å². The van der Waals surface area contributed by atoms with Gasteiger partial charge in [0, 0.05) is 11.3 Å². The number of thiophene rings is 1. The van der Waals surface area contributed by atoms with Gasteiger partial charge in [-0.3, -0.25) is 0 Å². The number of hydrogen-bond acceptors (Lipinski definition) is 2. The second kappa shape index (κ2) is 4.44. The third-order valence-corrected chi connectivity index (χ3v) is 4.63. The summed E-state index contributed by atoms with van der Waals surface area (Å²) in [6.07, 6.45) is 5.04. The smallest absolute Gasteiger partial charge is 0.0931 e. The van der Waals surface area contributed by atoms with Gasteiger partial charge in [-0.1, -0.05) is 24.9 Å². The number of hydrogen-bond donors (Lipinski definition) is 1. The first-order valence-electron chi connectivity index (χ1n) is 5.58. The summed E-state index contributed by atoms with van der Waals surface area (Å²) in [5, 5.41) is 10.4. The lowest BCUT2D eigenvalue weighted by Gasteiger charge is -2.21. The molecule has 0 saturated heterocycles. The fourth-order valence-corrected chi connectivity index (χ4v) is 3.72. The number of aliphatic hydroxyl groups is 1. The van der Waals surface area contributed by atoms with Gasteiger partial charge in [-0.2, -0.15) is 0 Å². The summed E-state index contributed by atoms with van der Waals surface area (Å²) in [6, 6.07) is 3.95. The molecule has 2 atom stereocenters. The molecule has 1 aliphatic rings. The Kier molecular flexibility index (Phi) is 3.39. The predicted octanol–water partition coefficient (Wildman–Crippen LogP) is 3.89. The summed E-state index contributed by atoms with van der Waals surface area (Å²) < 4.78 is 0.818. The molecular formula is C12H17ClOS. The molecule has 15 heavy (non-hydrogen) atoms. The molecule has 1 aromatic rings. The Morgan fingerprint density at radius 3 is 2.93 bits per heavy atom. The molecular weight excluding hydrogens is 228 g/mol. The first-order chi connectivity index (χ1) is 7.11. The molecule has 1 aromatic heterocycles. The first kappa shape index (κ1) is 11.4. The second-order valence-corrected chi connectivity index (χ2v) is 6.42. The van der Waals surface area contributed by atoms with Gasteiger partial charge >= 0.3 is 0 Å². The Morgan fingerprint density at radius 2 is 2.40 bits per heavy atom. The van der Waals surface area contributed by atoms with Crippen molar-refractivity contribution in [3.8, 4) is 0 Å². The summed E-state index contributed by atoms with van der Waals surface area (Å²) in [5.41, 5.74) is -0.463. The molecule has 1 nitrogen and oxygen atoms in total. The highest BCUT2D eigenvalue weighted by Gasteiger charge is 2.36. The minimum atomic E-state index is -0.463. The molecule has 2 rings (SSSR count). The van der Waals surface area contributed by atoms with Crippen molar-refractivity contribution >= 4 is 22.9 Å². The summed E-state index contributed by atoms with van der Waals surface area (Å²) >= 11 is 7.47. The summed E-state index contributed by atoms with van der Waals surface area (Å²) in [4.78, 5) is 1.21. The Bertz CT molecular complexity index is 336. The lowest BCUT2D eigenvalue weighted by atomic mass is 9.95. The van der Waals surface area contributed by atoms with Crippen molar-refractivity contribution in [1.82, 2.24) is 0 Å². The SMILES string of the molecule is CCC1CCC(O)(Cc2ccc(Cl)s2)C1. The van der Waals surface area contributed by atoms with Crippen LogP contribution in [0.5, 0.6) is 0 Å². The van der Waals surface area contributed by atoms with Crippen LogP contribution in [0.3, 0.4) is 0 Å². The normalized spacial score (nSPS) is 31.0. The first-order valence-corrected chi connectivity index (χ1v) is 6.77. The van der Waals surface area contributed by atoms with E-state index in [2.05, 4.69) is 6.92 Å². The molecule has 0 bridgehead atoms. The van der Waals surface area contributed by atoms with E-state index in [9.17, 15) is 5.11 Å². The van der Waals surface area contributed by atoms with Crippen molar-refractivity contribution in [2.24, 2.45) is 5.92 Å². The van der Waals surface area contributed by atoms with Crippen molar-refractivity contribution < 1.29 is 5.11 Å². The van der Waals surface area contributed by atoms with Gasteiger partial charge in [0.25, 0.3) is 0 Å². The van der Waals surface area contributed by atoms with Crippen LogP contribution in [0.1, 0.15) is 37.5 Å². The molecule has 1 fully saturated rings. The Morgan fingerprint density at radius 1 is 1.60 bits per heavy atom. The zero-order valence-electron chi connectivity index (χ0n) is 9.00. The van der Waals surface area contributed by atoms with Gasteiger partial charge in [0.1, 0.15) is 0 Å². The lowest BCUT2D eigenvalue weighted by Crippen LogP contribution is -2.27. The predicted molar refractivity (Wildman–Crippen MR) is 65.6 cm³/mol. The topological polar surface area (TPSA) is 20.2 Å². The maximum absolute atomic E-state index is 10.4. The minimum absolute atomic E-state index is 0.463. The molecule has 1 aliphatic carbocycles. The molecule has 0 spiro atoms. The second-order valence-electron chi connectivity index (χ2n) is 4.62. The van der Waals surface area contributed by atoms with E-state index in [1.807, 2.05) is 12.1 Å². The average molecular weight is 245 g/mol. The van der Waals surface area contributed by atoms with E-state index in [1.165, 1.54) is 17.7 Å². The third kappa shape index (κ3) is 2.74. The van der Waals surface area contributed by atoms with Crippen molar-refractivity contribution in [3.05, 3.63) is 21.3 Å². The van der Waals surface area contributed by atoms with Gasteiger partial charge in [-0.05, 0) is 37.3 Å². The maximum atomic E-state index is 10.4. The molecule has 2 unspecified atom stereocenters. The van der Waals surface area contributed by atoms with Crippen molar-refractivity contribution in [1.29, 1.82) is 0 Å². The summed E-state index contributed by atoms with van der Waals surface area (Å²) in [6.45, 7) is 2.21. The van der Waals surface area contributed by atoms with Gasteiger partial charge in [-0.15, -0.1) is 11.3 Å². The van der Waals surface area contributed by atoms with Crippen LogP contribution < -0.4 is 0 Å². The molecule has 1 heterocycles. The van der Waals surface area contributed by atoms with Crippen LogP contribution in [-0.4, -0.2) is 10.7 Å². The standard InChI is InChI=1S/C12H17ClOS/c1-2-9-5-6-12(14,7-9)8-10-3-4-11(13)15-10/h3-4,9,14H,2,5-8H2,1H3. The van der Waals surface area contributed by atoms with Crippen LogP contribution in [0.2, 0.25) is 4.34 Å². The fourth-order valence-electron chi connectivity index (χ4n) is 2.49. The van der Waals surface area contributed by atoms with E-state index in [4.69, 9.17) is 11.6 Å². The van der Waals surface area contributed by atoms with Gasteiger partial charge in [-0.25, -0.2) is 0 Å². The van der Waals surface area contributed by atoms with E-state index in [0.29, 0.717) is 5.92 Å². The van der Waals surface area contributed by atoms with Gasteiger partial charge in [0.15, 0.2) is 0 Å². The third-order valence-electron chi connectivity index (χ3n) is 3.40. The van der Waals surface area contributed by atoms with E-state index in [-0.39, 0.29) is 0 Å². The molecule has 1 saturated carbocycles. The van der Waals surface area contributed by atoms with Crippen LogP contribution in [0.15, 0.2) is 12.1 Å². The van der Waals surface area contributed by atoms with Crippen LogP contribution in [0, 0.1) is 5.92 Å². The van der Waals surface area contributed by atoms with E-state index in [1.54, 1.807) is 11.3 Å². The van der Waals surface area contributed by atoms with Crippen molar-refractivity contribution in [2.45, 2.75) is 44.6 Å². The molecule has 84 valence electrons. The highest BCUT2D eigenvalue weighted by atomic mass is 35.5. The zero-order valence-corrected chi connectivity index (χ0v) is 10.6. The molecule has 0 amide bonds. The van der Waals surface area contributed by atoms with E-state index >= 15 is 0 Å². The van der Waals surface area contributed by atoms with Crippen LogP contribution in [0.25, 0.3) is 0 Å². The van der Waals surface area contributed by atoms with Gasteiger partial charge in [0.2, 0.25) is 0 Å². The highest BCUT2D eigenvalue weighted by Crippen LogP contribution is 2.39. The summed E-state index contributed by atoms with van der Waals surface area (Å²) in [5.74, 6) is 0.713. The lowest BCUT2D eigenvalue weighted by molar-refractivity contribution is 0.0445. The monoisotopic (exact) mass is 244 g/mol. The van der Waals surface area contributed by atoms with E-state index < -0.39 is 5.60 Å².